The molecule has 0 aromatic carbocycles. The summed E-state index contributed by atoms with van der Waals surface area (Å²) in [6, 6.07) is 0. The van der Waals surface area contributed by atoms with Gasteiger partial charge < -0.3 is 9.72 Å². The van der Waals surface area contributed by atoms with E-state index in [4.69, 9.17) is 4.74 Å². The number of methoxy groups -OCH3 is 1. The second-order valence-electron chi connectivity index (χ2n) is 3.50. The van der Waals surface area contributed by atoms with Crippen LogP contribution >= 0.6 is 0 Å². The molecule has 0 bridgehead atoms. The van der Waals surface area contributed by atoms with Crippen LogP contribution in [0.1, 0.15) is 43.5 Å². The topological polar surface area (TPSA) is 55.0 Å². The molecule has 1 unspecified atom stereocenters. The maximum Gasteiger partial charge on any atom is 0.254 e. The van der Waals surface area contributed by atoms with Crippen molar-refractivity contribution in [1.29, 1.82) is 0 Å². The number of aromatic nitrogens is 2. The largest absolute Gasteiger partial charge is 0.374 e. The van der Waals surface area contributed by atoms with Crippen LogP contribution in [0.5, 0.6) is 0 Å². The summed E-state index contributed by atoms with van der Waals surface area (Å²) >= 11 is 0. The molecular weight excluding hydrogens is 192 g/mol. The van der Waals surface area contributed by atoms with Gasteiger partial charge in [0.15, 0.2) is 0 Å². The lowest BCUT2D eigenvalue weighted by Crippen LogP contribution is -2.20. The molecule has 0 aliphatic carbocycles. The number of aromatic amines is 1. The fourth-order valence-electron chi connectivity index (χ4n) is 1.67. The van der Waals surface area contributed by atoms with Gasteiger partial charge in [-0.25, -0.2) is 4.98 Å². The van der Waals surface area contributed by atoms with Crippen molar-refractivity contribution in [2.75, 3.05) is 7.11 Å². The Bertz CT molecular complexity index is 381. The lowest BCUT2D eigenvalue weighted by Gasteiger charge is -2.13. The van der Waals surface area contributed by atoms with Crippen molar-refractivity contribution in [1.82, 2.24) is 9.97 Å². The zero-order chi connectivity index (χ0) is 11.4. The first-order chi connectivity index (χ1) is 7.13. The van der Waals surface area contributed by atoms with E-state index in [9.17, 15) is 4.79 Å². The van der Waals surface area contributed by atoms with E-state index in [0.29, 0.717) is 12.2 Å². The summed E-state index contributed by atoms with van der Waals surface area (Å²) in [4.78, 5) is 18.8. The second-order valence-corrected chi connectivity index (χ2v) is 3.50. The van der Waals surface area contributed by atoms with Crippen molar-refractivity contribution in [2.24, 2.45) is 0 Å². The SMILES string of the molecule is CCc1c(C)nc(C(CC)OC)[nH]c1=O. The summed E-state index contributed by atoms with van der Waals surface area (Å²) in [7, 11) is 1.62. The highest BCUT2D eigenvalue weighted by Gasteiger charge is 2.13. The molecule has 1 aromatic heterocycles. The van der Waals surface area contributed by atoms with Gasteiger partial charge >= 0.3 is 0 Å². The van der Waals surface area contributed by atoms with Crippen LogP contribution in [0.25, 0.3) is 0 Å². The van der Waals surface area contributed by atoms with E-state index in [1.165, 1.54) is 0 Å². The fraction of sp³-hybridized carbons (Fsp3) is 0.636. The molecule has 1 atom stereocenters. The Morgan fingerprint density at radius 2 is 2.13 bits per heavy atom. The Morgan fingerprint density at radius 1 is 1.47 bits per heavy atom. The molecule has 84 valence electrons. The van der Waals surface area contributed by atoms with Gasteiger partial charge in [-0.15, -0.1) is 0 Å². The lowest BCUT2D eigenvalue weighted by molar-refractivity contribution is 0.0921. The highest BCUT2D eigenvalue weighted by Crippen LogP contribution is 2.15. The minimum Gasteiger partial charge on any atom is -0.374 e. The summed E-state index contributed by atoms with van der Waals surface area (Å²) < 4.78 is 5.24. The Morgan fingerprint density at radius 3 is 2.53 bits per heavy atom. The van der Waals surface area contributed by atoms with Gasteiger partial charge in [-0.1, -0.05) is 13.8 Å². The zero-order valence-electron chi connectivity index (χ0n) is 9.76. The van der Waals surface area contributed by atoms with Crippen LogP contribution < -0.4 is 5.56 Å². The Balaban J connectivity index is 3.19. The van der Waals surface area contributed by atoms with Crippen LogP contribution in [0.2, 0.25) is 0 Å². The lowest BCUT2D eigenvalue weighted by atomic mass is 10.1. The van der Waals surface area contributed by atoms with E-state index in [1.807, 2.05) is 20.8 Å². The van der Waals surface area contributed by atoms with Crippen molar-refractivity contribution >= 4 is 0 Å². The van der Waals surface area contributed by atoms with Crippen molar-refractivity contribution in [3.8, 4) is 0 Å². The van der Waals surface area contributed by atoms with E-state index in [-0.39, 0.29) is 11.7 Å². The zero-order valence-corrected chi connectivity index (χ0v) is 9.76. The fourth-order valence-corrected chi connectivity index (χ4v) is 1.67. The summed E-state index contributed by atoms with van der Waals surface area (Å²) in [5, 5.41) is 0. The number of ether oxygens (including phenoxy) is 1. The van der Waals surface area contributed by atoms with Gasteiger partial charge in [-0.3, -0.25) is 4.79 Å². The van der Waals surface area contributed by atoms with Gasteiger partial charge in [0.2, 0.25) is 0 Å². The first-order valence-corrected chi connectivity index (χ1v) is 5.26. The standard InChI is InChI=1S/C11H18N2O2/c1-5-8-7(3)12-10(13-11(8)14)9(6-2)15-4/h9H,5-6H2,1-4H3,(H,12,13,14). The molecule has 0 fully saturated rings. The molecule has 1 aromatic rings. The first-order valence-electron chi connectivity index (χ1n) is 5.26. The minimum atomic E-state index is -0.123. The van der Waals surface area contributed by atoms with Crippen LogP contribution in [0, 0.1) is 6.92 Å². The van der Waals surface area contributed by atoms with Gasteiger partial charge in [0.05, 0.1) is 0 Å². The average molecular weight is 210 g/mol. The van der Waals surface area contributed by atoms with E-state index < -0.39 is 0 Å². The van der Waals surface area contributed by atoms with E-state index in [1.54, 1.807) is 7.11 Å². The van der Waals surface area contributed by atoms with Gasteiger partial charge in [-0.05, 0) is 19.8 Å². The molecule has 1 N–H and O–H groups in total. The molecule has 0 saturated carbocycles. The van der Waals surface area contributed by atoms with Crippen LogP contribution in [-0.2, 0) is 11.2 Å². The average Bonchev–Trinajstić information content (AvgIpc) is 2.19. The highest BCUT2D eigenvalue weighted by atomic mass is 16.5. The molecule has 1 heterocycles. The predicted molar refractivity (Wildman–Crippen MR) is 59.0 cm³/mol. The number of nitrogens with one attached hydrogen (secondary N) is 1. The molecule has 0 radical (unpaired) electrons. The molecule has 1 rings (SSSR count). The van der Waals surface area contributed by atoms with Crippen LogP contribution in [0.4, 0.5) is 0 Å². The van der Waals surface area contributed by atoms with E-state index in [0.717, 1.165) is 17.7 Å². The minimum absolute atomic E-state index is 0.0458. The predicted octanol–water partition coefficient (Wildman–Crippen LogP) is 1.74. The third kappa shape index (κ3) is 2.45. The summed E-state index contributed by atoms with van der Waals surface area (Å²) in [5.41, 5.74) is 1.51. The Kier molecular flexibility index (Phi) is 4.03. The second kappa shape index (κ2) is 5.07. The van der Waals surface area contributed by atoms with Crippen molar-refractivity contribution < 1.29 is 4.74 Å². The van der Waals surface area contributed by atoms with E-state index >= 15 is 0 Å². The monoisotopic (exact) mass is 210 g/mol. The third-order valence-corrected chi connectivity index (χ3v) is 2.55. The molecule has 4 heteroatoms. The first kappa shape index (κ1) is 11.9. The van der Waals surface area contributed by atoms with Crippen molar-refractivity contribution in [2.45, 2.75) is 39.7 Å². The van der Waals surface area contributed by atoms with Gasteiger partial charge in [0.1, 0.15) is 11.9 Å². The number of rotatable bonds is 4. The quantitative estimate of drug-likeness (QED) is 0.823. The highest BCUT2D eigenvalue weighted by molar-refractivity contribution is 5.16. The van der Waals surface area contributed by atoms with Crippen LogP contribution in [0.3, 0.4) is 0 Å². The maximum atomic E-state index is 11.7. The summed E-state index contributed by atoms with van der Waals surface area (Å²) in [5.74, 6) is 0.625. The number of H-pyrrole nitrogens is 1. The normalized spacial score (nSPS) is 12.8. The summed E-state index contributed by atoms with van der Waals surface area (Å²) in [6.07, 6.45) is 1.38. The molecule has 0 spiro atoms. The molecule has 4 nitrogen and oxygen atoms in total. The van der Waals surface area contributed by atoms with Crippen molar-refractivity contribution in [3.63, 3.8) is 0 Å². The van der Waals surface area contributed by atoms with Gasteiger partial charge in [0, 0.05) is 18.4 Å². The number of aryl methyl sites for hydroxylation is 1. The van der Waals surface area contributed by atoms with Gasteiger partial charge in [-0.2, -0.15) is 0 Å². The van der Waals surface area contributed by atoms with Crippen LogP contribution in [-0.4, -0.2) is 17.1 Å². The molecule has 0 aliphatic rings. The molecule has 0 amide bonds. The number of hydrogen-bond donors (Lipinski definition) is 1. The van der Waals surface area contributed by atoms with Crippen molar-refractivity contribution in [3.05, 3.63) is 27.4 Å². The number of hydrogen-bond acceptors (Lipinski definition) is 3. The molecule has 15 heavy (non-hydrogen) atoms. The molecule has 0 aliphatic heterocycles. The van der Waals surface area contributed by atoms with E-state index in [2.05, 4.69) is 9.97 Å². The Hall–Kier alpha value is -1.16. The molecular formula is C11H18N2O2. The maximum absolute atomic E-state index is 11.7. The number of nitrogens with zero attached hydrogens (tertiary/aromatic N) is 1. The summed E-state index contributed by atoms with van der Waals surface area (Å²) in [6.45, 7) is 5.81. The smallest absolute Gasteiger partial charge is 0.254 e. The third-order valence-electron chi connectivity index (χ3n) is 2.55. The Labute approximate surface area is 89.7 Å². The molecule has 0 saturated heterocycles. The van der Waals surface area contributed by atoms with Gasteiger partial charge in [0.25, 0.3) is 5.56 Å². The van der Waals surface area contributed by atoms with Crippen LogP contribution in [0.15, 0.2) is 4.79 Å².